The quantitative estimate of drug-likeness (QED) is 0.255. The fourth-order valence-corrected chi connectivity index (χ4v) is 8.67. The second-order valence-electron chi connectivity index (χ2n) is 12.6. The van der Waals surface area contributed by atoms with Crippen molar-refractivity contribution < 1.29 is 9.59 Å². The summed E-state index contributed by atoms with van der Waals surface area (Å²) in [6.45, 7) is 6.04. The van der Waals surface area contributed by atoms with Gasteiger partial charge in [0, 0.05) is 31.6 Å². The van der Waals surface area contributed by atoms with Gasteiger partial charge in [-0.3, -0.25) is 9.59 Å². The van der Waals surface area contributed by atoms with E-state index in [0.717, 1.165) is 95.5 Å². The maximum atomic E-state index is 13.9. The molecule has 0 saturated carbocycles. The lowest BCUT2D eigenvalue weighted by atomic mass is 9.70. The maximum absolute atomic E-state index is 13.9. The molecule has 1 unspecified atom stereocenters. The summed E-state index contributed by atoms with van der Waals surface area (Å²) in [4.78, 5) is 34.8. The van der Waals surface area contributed by atoms with Gasteiger partial charge < -0.3 is 14.7 Å². The summed E-state index contributed by atoms with van der Waals surface area (Å²) in [6, 6.07) is 20.4. The number of benzene rings is 2. The van der Waals surface area contributed by atoms with Crippen molar-refractivity contribution in [3.05, 3.63) is 92.1 Å². The molecule has 8 heteroatoms. The average molecular weight is 639 g/mol. The van der Waals surface area contributed by atoms with Gasteiger partial charge in [0.1, 0.15) is 0 Å². The molecule has 1 atom stereocenters. The van der Waals surface area contributed by atoms with Gasteiger partial charge in [0.15, 0.2) is 0 Å². The lowest BCUT2D eigenvalue weighted by molar-refractivity contribution is -0.138. The van der Waals surface area contributed by atoms with Crippen molar-refractivity contribution in [2.75, 3.05) is 45.8 Å². The van der Waals surface area contributed by atoms with Crippen molar-refractivity contribution in [3.8, 4) is 0 Å². The van der Waals surface area contributed by atoms with Crippen LogP contribution in [0.2, 0.25) is 10.0 Å². The molecular weight excluding hydrogens is 597 g/mol. The summed E-state index contributed by atoms with van der Waals surface area (Å²) in [6.07, 6.45) is 7.88. The minimum absolute atomic E-state index is 0.120. The second-order valence-corrected chi connectivity index (χ2v) is 14.4. The number of halogens is 2. The first-order valence-electron chi connectivity index (χ1n) is 15.8. The van der Waals surface area contributed by atoms with Gasteiger partial charge in [-0.05, 0) is 106 Å². The molecule has 3 fully saturated rings. The summed E-state index contributed by atoms with van der Waals surface area (Å²) in [5.74, 6) is 0.446. The van der Waals surface area contributed by atoms with Crippen LogP contribution in [0.1, 0.15) is 72.2 Å². The van der Waals surface area contributed by atoms with Crippen molar-refractivity contribution in [2.24, 2.45) is 0 Å². The third-order valence-corrected chi connectivity index (χ3v) is 11.7. The summed E-state index contributed by atoms with van der Waals surface area (Å²) in [5.41, 5.74) is 1.75. The summed E-state index contributed by atoms with van der Waals surface area (Å²) in [7, 11) is 0. The number of nitrogens with zero attached hydrogens (tertiary/aromatic N) is 3. The van der Waals surface area contributed by atoms with Gasteiger partial charge in [0.25, 0.3) is 5.91 Å². The fraction of sp³-hybridized carbons (Fsp3) is 0.486. The maximum Gasteiger partial charge on any atom is 0.263 e. The molecule has 3 saturated heterocycles. The first-order valence-corrected chi connectivity index (χ1v) is 17.4. The van der Waals surface area contributed by atoms with E-state index in [-0.39, 0.29) is 11.3 Å². The zero-order valence-corrected chi connectivity index (χ0v) is 27.1. The highest BCUT2D eigenvalue weighted by Gasteiger charge is 2.45. The number of carbonyl (C=O) groups excluding carboxylic acids is 2. The van der Waals surface area contributed by atoms with Gasteiger partial charge in [-0.15, -0.1) is 11.3 Å². The standard InChI is InChI=1S/C35H41Cl2N3O2S/c36-29-13-12-28(25-30(29)37)34(15-8-21-40(26-34)32(41)31-11-6-24-43-31)14-7-18-38-22-16-35(17-23-38,27-9-2-1-3-10-27)33(42)39-19-4-5-20-39/h1-3,6,9-13,24-25H,4-5,7-8,14-23,26H2. The van der Waals surface area contributed by atoms with Gasteiger partial charge in [-0.2, -0.15) is 0 Å². The Morgan fingerprint density at radius 3 is 2.21 bits per heavy atom. The Labute approximate surface area is 269 Å². The van der Waals surface area contributed by atoms with Crippen LogP contribution >= 0.6 is 34.5 Å². The second kappa shape index (κ2) is 13.3. The normalized spacial score (nSPS) is 22.6. The number of thiophene rings is 1. The Morgan fingerprint density at radius 1 is 0.767 bits per heavy atom. The van der Waals surface area contributed by atoms with Crippen LogP contribution < -0.4 is 0 Å². The number of likely N-dealkylation sites (tertiary alicyclic amines) is 3. The summed E-state index contributed by atoms with van der Waals surface area (Å²) >= 11 is 14.4. The van der Waals surface area contributed by atoms with Crippen molar-refractivity contribution in [1.82, 2.24) is 14.7 Å². The highest BCUT2D eigenvalue weighted by atomic mass is 35.5. The van der Waals surface area contributed by atoms with Gasteiger partial charge in [0.2, 0.25) is 5.91 Å². The number of hydrogen-bond donors (Lipinski definition) is 0. The smallest absolute Gasteiger partial charge is 0.263 e. The zero-order chi connectivity index (χ0) is 29.9. The topological polar surface area (TPSA) is 43.9 Å². The minimum atomic E-state index is -0.421. The zero-order valence-electron chi connectivity index (χ0n) is 24.8. The lowest BCUT2D eigenvalue weighted by Gasteiger charge is -2.45. The van der Waals surface area contributed by atoms with Crippen molar-refractivity contribution in [1.29, 1.82) is 0 Å². The number of amides is 2. The van der Waals surface area contributed by atoms with Crippen LogP contribution in [0.25, 0.3) is 0 Å². The van der Waals surface area contributed by atoms with Crippen LogP contribution in [-0.2, 0) is 15.6 Å². The molecule has 228 valence electrons. The minimum Gasteiger partial charge on any atom is -0.342 e. The summed E-state index contributed by atoms with van der Waals surface area (Å²) in [5, 5.41) is 3.09. The number of carbonyl (C=O) groups is 2. The molecule has 4 heterocycles. The third-order valence-electron chi connectivity index (χ3n) is 10.1. The van der Waals surface area contributed by atoms with E-state index in [1.807, 2.05) is 40.6 Å². The third kappa shape index (κ3) is 6.40. The molecule has 2 aromatic carbocycles. The van der Waals surface area contributed by atoms with Gasteiger partial charge in [-0.25, -0.2) is 0 Å². The van der Waals surface area contributed by atoms with E-state index in [2.05, 4.69) is 40.1 Å². The highest BCUT2D eigenvalue weighted by Crippen LogP contribution is 2.42. The van der Waals surface area contributed by atoms with E-state index >= 15 is 0 Å². The van der Waals surface area contributed by atoms with Gasteiger partial charge in [-0.1, -0.05) is 65.7 Å². The first kappa shape index (κ1) is 30.6. The van der Waals surface area contributed by atoms with Crippen LogP contribution in [0.5, 0.6) is 0 Å². The van der Waals surface area contributed by atoms with Crippen molar-refractivity contribution in [3.63, 3.8) is 0 Å². The monoisotopic (exact) mass is 637 g/mol. The van der Waals surface area contributed by atoms with E-state index in [9.17, 15) is 9.59 Å². The molecule has 3 aromatic rings. The number of piperidine rings is 2. The molecule has 3 aliphatic heterocycles. The van der Waals surface area contributed by atoms with Crippen LogP contribution in [0.3, 0.4) is 0 Å². The van der Waals surface area contributed by atoms with Crippen molar-refractivity contribution >= 4 is 46.4 Å². The van der Waals surface area contributed by atoms with Crippen LogP contribution in [-0.4, -0.2) is 72.3 Å². The van der Waals surface area contributed by atoms with Gasteiger partial charge in [0.05, 0.1) is 20.3 Å². The Kier molecular flexibility index (Phi) is 9.49. The predicted molar refractivity (Wildman–Crippen MR) is 176 cm³/mol. The highest BCUT2D eigenvalue weighted by molar-refractivity contribution is 7.12. The molecule has 5 nitrogen and oxygen atoms in total. The molecule has 6 rings (SSSR count). The Morgan fingerprint density at radius 2 is 1.51 bits per heavy atom. The Bertz CT molecular complexity index is 1400. The van der Waals surface area contributed by atoms with E-state index in [0.29, 0.717) is 22.5 Å². The molecular formula is C35H41Cl2N3O2S. The lowest BCUT2D eigenvalue weighted by Crippen LogP contribution is -2.52. The predicted octanol–water partition coefficient (Wildman–Crippen LogP) is 7.67. The van der Waals surface area contributed by atoms with E-state index in [4.69, 9.17) is 23.2 Å². The number of rotatable bonds is 8. The molecule has 0 bridgehead atoms. The Hall–Kier alpha value is -2.38. The molecule has 3 aliphatic rings. The molecule has 1 aromatic heterocycles. The van der Waals surface area contributed by atoms with E-state index in [1.165, 1.54) is 22.5 Å². The molecule has 2 amide bonds. The first-order chi connectivity index (χ1) is 20.9. The SMILES string of the molecule is O=C(c1cccs1)N1CCCC(CCCN2CCC(C(=O)N3CCCC3)(c3ccccc3)CC2)(c2ccc(Cl)c(Cl)c2)C1. The molecule has 0 spiro atoms. The molecule has 0 N–H and O–H groups in total. The molecule has 0 radical (unpaired) electrons. The van der Waals surface area contributed by atoms with E-state index in [1.54, 1.807) is 0 Å². The van der Waals surface area contributed by atoms with E-state index < -0.39 is 5.41 Å². The fourth-order valence-electron chi connectivity index (χ4n) is 7.68. The van der Waals surface area contributed by atoms with Crippen molar-refractivity contribution in [2.45, 2.75) is 62.2 Å². The van der Waals surface area contributed by atoms with Gasteiger partial charge >= 0.3 is 0 Å². The van der Waals surface area contributed by atoms with Crippen LogP contribution in [0.4, 0.5) is 0 Å². The molecule has 43 heavy (non-hydrogen) atoms. The molecule has 0 aliphatic carbocycles. The largest absolute Gasteiger partial charge is 0.342 e. The number of hydrogen-bond acceptors (Lipinski definition) is 4. The van der Waals surface area contributed by atoms with Crippen LogP contribution in [0.15, 0.2) is 66.0 Å². The average Bonchev–Trinajstić information content (AvgIpc) is 3.78. The Balaban J connectivity index is 1.15. The summed E-state index contributed by atoms with van der Waals surface area (Å²) < 4.78 is 0. The van der Waals surface area contributed by atoms with Crippen LogP contribution in [0, 0.1) is 0 Å².